The minimum atomic E-state index is -0.210. The first-order valence-electron chi connectivity index (χ1n) is 12.0. The number of unbranched alkanes of at least 4 members (excludes halogenated alkanes) is 1. The molecule has 3 N–H and O–H groups in total. The van der Waals surface area contributed by atoms with E-state index in [0.717, 1.165) is 18.5 Å². The van der Waals surface area contributed by atoms with Gasteiger partial charge in [0, 0.05) is 46.5 Å². The van der Waals surface area contributed by atoms with Crippen molar-refractivity contribution in [3.8, 4) is 5.75 Å². The van der Waals surface area contributed by atoms with Gasteiger partial charge in [-0.3, -0.25) is 9.36 Å². The largest absolute Gasteiger partial charge is 0.495 e. The third kappa shape index (κ3) is 4.75. The fourth-order valence-electron chi connectivity index (χ4n) is 4.32. The standard InChI is InChI=1S/C28H26ClN5O3/c1-3-4-11-30-28(36)34-12-10-19-20(6-5-7-24(19)34)26(35)22-16-32-27-21(22)13-18(15-31-27)33-17-8-9-25(37-2)23(29)14-17/h5-10,12-16,33H,3-4,11H2,1-2H3,(H,30,36)(H,31,32). The van der Waals surface area contributed by atoms with Crippen LogP contribution in [0, 0.1) is 0 Å². The summed E-state index contributed by atoms with van der Waals surface area (Å²) in [5.41, 5.74) is 3.75. The highest BCUT2D eigenvalue weighted by Crippen LogP contribution is 2.31. The molecule has 0 atom stereocenters. The van der Waals surface area contributed by atoms with Gasteiger partial charge < -0.3 is 20.4 Å². The highest BCUT2D eigenvalue weighted by atomic mass is 35.5. The fraction of sp³-hybridized carbons (Fsp3) is 0.179. The normalized spacial score (nSPS) is 11.1. The number of hydrogen-bond donors (Lipinski definition) is 3. The van der Waals surface area contributed by atoms with Crippen molar-refractivity contribution in [2.75, 3.05) is 19.0 Å². The number of carbonyl (C=O) groups excluding carboxylic acids is 2. The summed E-state index contributed by atoms with van der Waals surface area (Å²) in [4.78, 5) is 33.9. The SMILES string of the molecule is CCCCNC(=O)n1ccc2c(C(=O)c3c[nH]c4ncc(Nc5ccc(OC)c(Cl)c5)cc34)cccc21. The topological polar surface area (TPSA) is 101 Å². The highest BCUT2D eigenvalue weighted by molar-refractivity contribution is 6.32. The van der Waals surface area contributed by atoms with Crippen molar-refractivity contribution in [3.05, 3.63) is 83.3 Å². The van der Waals surface area contributed by atoms with Crippen LogP contribution in [-0.4, -0.2) is 40.0 Å². The van der Waals surface area contributed by atoms with Crippen molar-refractivity contribution in [3.63, 3.8) is 0 Å². The number of benzene rings is 2. The number of pyridine rings is 1. The molecule has 0 bridgehead atoms. The van der Waals surface area contributed by atoms with Gasteiger partial charge in [0.1, 0.15) is 11.4 Å². The van der Waals surface area contributed by atoms with E-state index in [0.29, 0.717) is 56.1 Å². The molecule has 0 saturated heterocycles. The van der Waals surface area contributed by atoms with Gasteiger partial charge in [-0.05, 0) is 42.8 Å². The number of hydrogen-bond acceptors (Lipinski definition) is 5. The number of H-pyrrole nitrogens is 1. The number of nitrogens with one attached hydrogen (secondary N) is 3. The van der Waals surface area contributed by atoms with E-state index in [-0.39, 0.29) is 11.8 Å². The van der Waals surface area contributed by atoms with Gasteiger partial charge in [0.2, 0.25) is 0 Å². The Morgan fingerprint density at radius 2 is 1.95 bits per heavy atom. The maximum Gasteiger partial charge on any atom is 0.326 e. The Kier molecular flexibility index (Phi) is 6.83. The average Bonchev–Trinajstić information content (AvgIpc) is 3.53. The molecule has 0 aliphatic heterocycles. The minimum absolute atomic E-state index is 0.160. The van der Waals surface area contributed by atoms with Gasteiger partial charge >= 0.3 is 6.03 Å². The monoisotopic (exact) mass is 515 g/mol. The zero-order valence-electron chi connectivity index (χ0n) is 20.5. The zero-order valence-corrected chi connectivity index (χ0v) is 21.2. The lowest BCUT2D eigenvalue weighted by Crippen LogP contribution is -2.28. The molecule has 5 rings (SSSR count). The number of aromatic amines is 1. The highest BCUT2D eigenvalue weighted by Gasteiger charge is 2.20. The Morgan fingerprint density at radius 3 is 2.73 bits per heavy atom. The molecule has 37 heavy (non-hydrogen) atoms. The van der Waals surface area contributed by atoms with Gasteiger partial charge in [0.15, 0.2) is 5.78 Å². The number of ether oxygens (including phenoxy) is 1. The molecule has 3 aromatic heterocycles. The first kappa shape index (κ1) is 24.4. The number of halogens is 1. The van der Waals surface area contributed by atoms with Crippen molar-refractivity contribution in [2.45, 2.75) is 19.8 Å². The minimum Gasteiger partial charge on any atom is -0.495 e. The predicted octanol–water partition coefficient (Wildman–Crippen LogP) is 6.51. The number of anilines is 2. The average molecular weight is 516 g/mol. The Hall–Kier alpha value is -4.30. The molecule has 0 spiro atoms. The van der Waals surface area contributed by atoms with Gasteiger partial charge in [-0.25, -0.2) is 9.78 Å². The predicted molar refractivity (Wildman–Crippen MR) is 146 cm³/mol. The van der Waals surface area contributed by atoms with Crippen molar-refractivity contribution < 1.29 is 14.3 Å². The van der Waals surface area contributed by atoms with E-state index in [4.69, 9.17) is 16.3 Å². The Morgan fingerprint density at radius 1 is 1.08 bits per heavy atom. The molecule has 8 nitrogen and oxygen atoms in total. The molecular weight excluding hydrogens is 490 g/mol. The van der Waals surface area contributed by atoms with Crippen LogP contribution in [0.1, 0.15) is 35.7 Å². The van der Waals surface area contributed by atoms with E-state index in [2.05, 4.69) is 27.5 Å². The van der Waals surface area contributed by atoms with E-state index in [9.17, 15) is 9.59 Å². The number of rotatable bonds is 8. The lowest BCUT2D eigenvalue weighted by Gasteiger charge is -2.09. The summed E-state index contributed by atoms with van der Waals surface area (Å²) in [5, 5.41) is 8.07. The van der Waals surface area contributed by atoms with Crippen LogP contribution in [0.4, 0.5) is 16.2 Å². The van der Waals surface area contributed by atoms with E-state index in [1.807, 2.05) is 18.2 Å². The smallest absolute Gasteiger partial charge is 0.326 e. The van der Waals surface area contributed by atoms with Gasteiger partial charge in [0.05, 0.1) is 29.5 Å². The van der Waals surface area contributed by atoms with Crippen LogP contribution in [-0.2, 0) is 0 Å². The summed E-state index contributed by atoms with van der Waals surface area (Å²) in [6.07, 6.45) is 6.95. The molecule has 0 unspecified atom stereocenters. The lowest BCUT2D eigenvalue weighted by atomic mass is 10.00. The van der Waals surface area contributed by atoms with Crippen molar-refractivity contribution in [1.82, 2.24) is 19.9 Å². The van der Waals surface area contributed by atoms with Gasteiger partial charge in [-0.1, -0.05) is 37.1 Å². The van der Waals surface area contributed by atoms with E-state index >= 15 is 0 Å². The molecule has 0 saturated carbocycles. The molecule has 0 aliphatic carbocycles. The van der Waals surface area contributed by atoms with Crippen LogP contribution in [0.3, 0.4) is 0 Å². The van der Waals surface area contributed by atoms with Gasteiger partial charge in [0.25, 0.3) is 0 Å². The molecule has 2 aromatic carbocycles. The molecule has 9 heteroatoms. The van der Waals surface area contributed by atoms with Crippen molar-refractivity contribution >= 4 is 56.7 Å². The van der Waals surface area contributed by atoms with Crippen LogP contribution in [0.15, 0.2) is 67.1 Å². The van der Waals surface area contributed by atoms with Crippen molar-refractivity contribution in [2.24, 2.45) is 0 Å². The van der Waals surface area contributed by atoms with Crippen LogP contribution in [0.5, 0.6) is 5.75 Å². The summed E-state index contributed by atoms with van der Waals surface area (Å²) in [6, 6.07) is 14.3. The van der Waals surface area contributed by atoms with Gasteiger partial charge in [-0.15, -0.1) is 0 Å². The van der Waals surface area contributed by atoms with E-state index < -0.39 is 0 Å². The Labute approximate surface area is 218 Å². The maximum atomic E-state index is 13.7. The number of amides is 1. The molecular formula is C28H26ClN5O3. The molecule has 0 fully saturated rings. The molecule has 0 aliphatic rings. The second kappa shape index (κ2) is 10.4. The number of methoxy groups -OCH3 is 1. The first-order valence-corrected chi connectivity index (χ1v) is 12.4. The third-order valence-corrected chi connectivity index (χ3v) is 6.51. The first-order chi connectivity index (χ1) is 18.0. The summed E-state index contributed by atoms with van der Waals surface area (Å²) in [5.74, 6) is 0.424. The lowest BCUT2D eigenvalue weighted by molar-refractivity contribution is 0.104. The number of ketones is 1. The molecule has 3 heterocycles. The molecule has 1 amide bonds. The molecule has 188 valence electrons. The summed E-state index contributed by atoms with van der Waals surface area (Å²) < 4.78 is 6.75. The van der Waals surface area contributed by atoms with E-state index in [1.54, 1.807) is 60.6 Å². The summed E-state index contributed by atoms with van der Waals surface area (Å²) >= 11 is 6.25. The number of carbonyl (C=O) groups is 2. The molecule has 0 radical (unpaired) electrons. The third-order valence-electron chi connectivity index (χ3n) is 6.22. The van der Waals surface area contributed by atoms with Crippen LogP contribution in [0.25, 0.3) is 21.9 Å². The van der Waals surface area contributed by atoms with Crippen LogP contribution in [0.2, 0.25) is 5.02 Å². The maximum absolute atomic E-state index is 13.7. The number of fused-ring (bicyclic) bond motifs is 2. The second-order valence-electron chi connectivity index (χ2n) is 8.64. The quantitative estimate of drug-likeness (QED) is 0.161. The van der Waals surface area contributed by atoms with Crippen molar-refractivity contribution in [1.29, 1.82) is 0 Å². The summed E-state index contributed by atoms with van der Waals surface area (Å²) in [7, 11) is 1.56. The Balaban J connectivity index is 1.46. The van der Waals surface area contributed by atoms with E-state index in [1.165, 1.54) is 0 Å². The van der Waals surface area contributed by atoms with Crippen LogP contribution < -0.4 is 15.4 Å². The van der Waals surface area contributed by atoms with Gasteiger partial charge in [-0.2, -0.15) is 0 Å². The number of nitrogens with zero attached hydrogens (tertiary/aromatic N) is 2. The second-order valence-corrected chi connectivity index (χ2v) is 9.04. The summed E-state index contributed by atoms with van der Waals surface area (Å²) in [6.45, 7) is 2.68. The van der Waals surface area contributed by atoms with Crippen LogP contribution >= 0.6 is 11.6 Å². The Bertz CT molecular complexity index is 1620. The number of aromatic nitrogens is 3. The fourth-order valence-corrected chi connectivity index (χ4v) is 4.57. The molecule has 5 aromatic rings. The zero-order chi connectivity index (χ0) is 25.9.